The van der Waals surface area contributed by atoms with Crippen molar-refractivity contribution >= 4 is 34.3 Å². The molecule has 0 saturated heterocycles. The van der Waals surface area contributed by atoms with Gasteiger partial charge in [0.2, 0.25) is 5.91 Å². The van der Waals surface area contributed by atoms with Gasteiger partial charge in [0.05, 0.1) is 16.2 Å². The van der Waals surface area contributed by atoms with E-state index in [1.165, 1.54) is 11.8 Å². The molecule has 3 aromatic rings. The summed E-state index contributed by atoms with van der Waals surface area (Å²) in [6.45, 7) is 1.78. The van der Waals surface area contributed by atoms with Gasteiger partial charge in [-0.1, -0.05) is 42.1 Å². The number of carbonyl (C=O) groups excluding carboxylic acids is 1. The molecule has 2 aromatic carbocycles. The van der Waals surface area contributed by atoms with Crippen LogP contribution in [0.4, 0.5) is 5.69 Å². The molecule has 23 heavy (non-hydrogen) atoms. The van der Waals surface area contributed by atoms with Crippen LogP contribution >= 0.6 is 11.8 Å². The molecule has 6 heteroatoms. The number of thioether (sulfide) groups is 1. The first-order valence-electron chi connectivity index (χ1n) is 7.15. The van der Waals surface area contributed by atoms with Crippen molar-refractivity contribution in [1.82, 2.24) is 9.97 Å². The zero-order valence-electron chi connectivity index (χ0n) is 12.4. The molecule has 1 heterocycles. The van der Waals surface area contributed by atoms with Gasteiger partial charge < -0.3 is 10.3 Å². The molecule has 1 aromatic heterocycles. The van der Waals surface area contributed by atoms with E-state index in [0.717, 1.165) is 5.69 Å². The number of aromatic nitrogens is 2. The molecular formula is C17H15N3O2S. The minimum Gasteiger partial charge on any atom is -0.325 e. The lowest BCUT2D eigenvalue weighted by Gasteiger charge is -2.11. The van der Waals surface area contributed by atoms with Crippen molar-refractivity contribution in [2.45, 2.75) is 17.3 Å². The standard InChI is InChI=1S/C17H15N3O2S/c1-11(15(21)18-12-7-3-2-4-8-12)23-17-19-14-10-6-5-9-13(14)16(22)20-17/h2-11H,1H3,(H,18,21)(H,19,20,22)/t11-/m0/s1. The molecule has 116 valence electrons. The van der Waals surface area contributed by atoms with Crippen LogP contribution in [0.15, 0.2) is 64.5 Å². The summed E-state index contributed by atoms with van der Waals surface area (Å²) in [5.41, 5.74) is 1.16. The van der Waals surface area contributed by atoms with Crippen LogP contribution in [0.5, 0.6) is 0 Å². The van der Waals surface area contributed by atoms with E-state index in [1.54, 1.807) is 25.1 Å². The predicted octanol–water partition coefficient (Wildman–Crippen LogP) is 3.04. The molecule has 0 aliphatic rings. The fourth-order valence-corrected chi connectivity index (χ4v) is 2.91. The molecular weight excluding hydrogens is 310 g/mol. The Balaban J connectivity index is 1.76. The van der Waals surface area contributed by atoms with Crippen molar-refractivity contribution in [3.63, 3.8) is 0 Å². The van der Waals surface area contributed by atoms with Crippen molar-refractivity contribution < 1.29 is 4.79 Å². The summed E-state index contributed by atoms with van der Waals surface area (Å²) in [7, 11) is 0. The topological polar surface area (TPSA) is 74.8 Å². The largest absolute Gasteiger partial charge is 0.325 e. The predicted molar refractivity (Wildman–Crippen MR) is 92.8 cm³/mol. The highest BCUT2D eigenvalue weighted by Gasteiger charge is 2.16. The second kappa shape index (κ2) is 6.66. The van der Waals surface area contributed by atoms with Gasteiger partial charge in [-0.15, -0.1) is 0 Å². The summed E-state index contributed by atoms with van der Waals surface area (Å²) >= 11 is 1.22. The zero-order chi connectivity index (χ0) is 16.2. The first-order chi connectivity index (χ1) is 11.1. The average Bonchev–Trinajstić information content (AvgIpc) is 2.56. The van der Waals surface area contributed by atoms with Crippen LogP contribution in [0.1, 0.15) is 6.92 Å². The number of benzene rings is 2. The molecule has 0 fully saturated rings. The first kappa shape index (κ1) is 15.3. The summed E-state index contributed by atoms with van der Waals surface area (Å²) < 4.78 is 0. The van der Waals surface area contributed by atoms with Crippen LogP contribution in [0.25, 0.3) is 10.9 Å². The van der Waals surface area contributed by atoms with E-state index >= 15 is 0 Å². The summed E-state index contributed by atoms with van der Waals surface area (Å²) in [4.78, 5) is 31.4. The Morgan fingerprint density at radius 2 is 1.83 bits per heavy atom. The molecule has 1 atom stereocenters. The van der Waals surface area contributed by atoms with E-state index < -0.39 is 0 Å². The van der Waals surface area contributed by atoms with Crippen LogP contribution in [-0.2, 0) is 4.79 Å². The first-order valence-corrected chi connectivity index (χ1v) is 8.03. The van der Waals surface area contributed by atoms with Crippen LogP contribution in [0.2, 0.25) is 0 Å². The van der Waals surface area contributed by atoms with Crippen LogP contribution in [-0.4, -0.2) is 21.1 Å². The van der Waals surface area contributed by atoms with E-state index in [-0.39, 0.29) is 16.7 Å². The lowest BCUT2D eigenvalue weighted by atomic mass is 10.2. The minimum absolute atomic E-state index is 0.142. The van der Waals surface area contributed by atoms with Gasteiger partial charge in [0.25, 0.3) is 5.56 Å². The van der Waals surface area contributed by atoms with Gasteiger partial charge in [0.1, 0.15) is 0 Å². The number of rotatable bonds is 4. The van der Waals surface area contributed by atoms with Crippen molar-refractivity contribution in [2.75, 3.05) is 5.32 Å². The monoisotopic (exact) mass is 325 g/mol. The lowest BCUT2D eigenvalue weighted by molar-refractivity contribution is -0.115. The highest BCUT2D eigenvalue weighted by molar-refractivity contribution is 8.00. The molecule has 5 nitrogen and oxygen atoms in total. The highest BCUT2D eigenvalue weighted by atomic mass is 32.2. The molecule has 0 radical (unpaired) electrons. The fourth-order valence-electron chi connectivity index (χ4n) is 2.11. The third kappa shape index (κ3) is 3.60. The number of hydrogen-bond acceptors (Lipinski definition) is 4. The molecule has 0 saturated carbocycles. The molecule has 0 bridgehead atoms. The number of hydrogen-bond donors (Lipinski definition) is 2. The smallest absolute Gasteiger partial charge is 0.259 e. The number of anilines is 1. The number of para-hydroxylation sites is 2. The second-order valence-corrected chi connectivity index (χ2v) is 6.33. The van der Waals surface area contributed by atoms with Crippen molar-refractivity contribution in [1.29, 1.82) is 0 Å². The maximum Gasteiger partial charge on any atom is 0.259 e. The lowest BCUT2D eigenvalue weighted by Crippen LogP contribution is -2.23. The van der Waals surface area contributed by atoms with Crippen LogP contribution < -0.4 is 10.9 Å². The summed E-state index contributed by atoms with van der Waals surface area (Å²) in [6, 6.07) is 16.4. The normalized spacial score (nSPS) is 12.0. The van der Waals surface area contributed by atoms with Crippen LogP contribution in [0.3, 0.4) is 0 Å². The quantitative estimate of drug-likeness (QED) is 0.571. The molecule has 0 aliphatic carbocycles. The molecule has 0 aliphatic heterocycles. The maximum atomic E-state index is 12.2. The number of H-pyrrole nitrogens is 1. The Bertz CT molecular complexity index is 893. The summed E-state index contributed by atoms with van der Waals surface area (Å²) in [5, 5.41) is 3.42. The Morgan fingerprint density at radius 3 is 2.61 bits per heavy atom. The highest BCUT2D eigenvalue weighted by Crippen LogP contribution is 2.21. The van der Waals surface area contributed by atoms with E-state index in [1.807, 2.05) is 36.4 Å². The Labute approximate surface area is 137 Å². The molecule has 3 rings (SSSR count). The molecule has 2 N–H and O–H groups in total. The third-order valence-corrected chi connectivity index (χ3v) is 4.27. The van der Waals surface area contributed by atoms with Crippen molar-refractivity contribution in [3.05, 3.63) is 65.0 Å². The number of aromatic amines is 1. The number of nitrogens with one attached hydrogen (secondary N) is 2. The van der Waals surface area contributed by atoms with Crippen molar-refractivity contribution in [3.8, 4) is 0 Å². The summed E-state index contributed by atoms with van der Waals surface area (Å²) in [5.74, 6) is -0.142. The summed E-state index contributed by atoms with van der Waals surface area (Å²) in [6.07, 6.45) is 0. The van der Waals surface area contributed by atoms with Gasteiger partial charge in [0, 0.05) is 5.69 Å². The van der Waals surface area contributed by atoms with E-state index in [0.29, 0.717) is 16.1 Å². The van der Waals surface area contributed by atoms with E-state index in [2.05, 4.69) is 15.3 Å². The zero-order valence-corrected chi connectivity index (χ0v) is 13.3. The average molecular weight is 325 g/mol. The van der Waals surface area contributed by atoms with Crippen LogP contribution in [0, 0.1) is 0 Å². The Morgan fingerprint density at radius 1 is 1.13 bits per heavy atom. The van der Waals surface area contributed by atoms with E-state index in [4.69, 9.17) is 0 Å². The van der Waals surface area contributed by atoms with Gasteiger partial charge in [0.15, 0.2) is 5.16 Å². The SMILES string of the molecule is C[C@H](Sc1nc2ccccc2c(=O)[nH]1)C(=O)Nc1ccccc1. The van der Waals surface area contributed by atoms with Gasteiger partial charge >= 0.3 is 0 Å². The fraction of sp³-hybridized carbons (Fsp3) is 0.118. The Hall–Kier alpha value is -2.60. The number of amides is 1. The van der Waals surface area contributed by atoms with Crippen molar-refractivity contribution in [2.24, 2.45) is 0 Å². The maximum absolute atomic E-state index is 12.2. The number of carbonyl (C=O) groups is 1. The number of nitrogens with zero attached hydrogens (tertiary/aromatic N) is 1. The Kier molecular flexibility index (Phi) is 4.43. The van der Waals surface area contributed by atoms with Gasteiger partial charge in [-0.2, -0.15) is 0 Å². The van der Waals surface area contributed by atoms with Gasteiger partial charge in [-0.3, -0.25) is 9.59 Å². The van der Waals surface area contributed by atoms with E-state index in [9.17, 15) is 9.59 Å². The van der Waals surface area contributed by atoms with Gasteiger partial charge in [-0.05, 0) is 31.2 Å². The molecule has 1 amide bonds. The second-order valence-electron chi connectivity index (χ2n) is 5.00. The van der Waals surface area contributed by atoms with Gasteiger partial charge in [-0.25, -0.2) is 4.98 Å². The number of fused-ring (bicyclic) bond motifs is 1. The minimum atomic E-state index is -0.389. The third-order valence-electron chi connectivity index (χ3n) is 3.29. The molecule has 0 unspecified atom stereocenters. The molecule has 0 spiro atoms.